The van der Waals surface area contributed by atoms with E-state index in [0.29, 0.717) is 12.1 Å². The van der Waals surface area contributed by atoms with Crippen molar-refractivity contribution < 1.29 is 29.0 Å². The van der Waals surface area contributed by atoms with Crippen LogP contribution in [0.5, 0.6) is 0 Å². The van der Waals surface area contributed by atoms with E-state index < -0.39 is 35.8 Å². The van der Waals surface area contributed by atoms with Crippen molar-refractivity contribution in [2.75, 3.05) is 18.5 Å². The third-order valence-electron chi connectivity index (χ3n) is 5.65. The number of ether oxygens (including phenoxy) is 1. The second-order valence-corrected chi connectivity index (χ2v) is 8.59. The lowest BCUT2D eigenvalue weighted by Gasteiger charge is -2.22. The first-order valence-electron chi connectivity index (χ1n) is 11.7. The number of aliphatic hydroxyl groups is 1. The minimum absolute atomic E-state index is 0.112. The fraction of sp³-hybridized carbons (Fsp3) is 0.385. The Balaban J connectivity index is 1.75. The number of amides is 3. The molecule has 2 aromatic rings. The molecule has 3 atom stereocenters. The fourth-order valence-corrected chi connectivity index (χ4v) is 3.68. The zero-order valence-corrected chi connectivity index (χ0v) is 19.7. The summed E-state index contributed by atoms with van der Waals surface area (Å²) in [5.41, 5.74) is 0.539. The van der Waals surface area contributed by atoms with Crippen LogP contribution in [0.4, 0.5) is 5.69 Å². The van der Waals surface area contributed by atoms with Crippen LogP contribution in [0.3, 0.4) is 0 Å². The molecule has 0 saturated carbocycles. The van der Waals surface area contributed by atoms with E-state index in [1.165, 1.54) is 0 Å². The Bertz CT molecular complexity index is 1100. The van der Waals surface area contributed by atoms with E-state index in [1.807, 2.05) is 36.4 Å². The second kappa shape index (κ2) is 12.7. The topological polar surface area (TPSA) is 134 Å². The molecule has 9 nitrogen and oxygen atoms in total. The van der Waals surface area contributed by atoms with Gasteiger partial charge in [0.1, 0.15) is 12.6 Å². The van der Waals surface area contributed by atoms with E-state index in [0.717, 1.165) is 10.8 Å². The number of cyclic esters (lactones) is 1. The molecule has 3 rings (SSSR count). The molecule has 0 fully saturated rings. The maximum absolute atomic E-state index is 13.0. The van der Waals surface area contributed by atoms with Crippen molar-refractivity contribution in [2.24, 2.45) is 5.92 Å². The number of rotatable bonds is 6. The Labute approximate surface area is 203 Å². The number of carbonyl (C=O) groups excluding carboxylic acids is 4. The van der Waals surface area contributed by atoms with Crippen molar-refractivity contribution >= 4 is 40.2 Å². The van der Waals surface area contributed by atoms with Gasteiger partial charge in [-0.3, -0.25) is 19.2 Å². The van der Waals surface area contributed by atoms with Crippen LogP contribution in [0.1, 0.15) is 32.6 Å². The summed E-state index contributed by atoms with van der Waals surface area (Å²) in [6.45, 7) is 1.11. The summed E-state index contributed by atoms with van der Waals surface area (Å²) in [5, 5.41) is 19.2. The van der Waals surface area contributed by atoms with Crippen LogP contribution in [-0.2, 0) is 23.9 Å². The highest BCUT2D eigenvalue weighted by atomic mass is 16.5. The van der Waals surface area contributed by atoms with Crippen molar-refractivity contribution in [1.29, 1.82) is 0 Å². The van der Waals surface area contributed by atoms with E-state index in [4.69, 9.17) is 9.84 Å². The van der Waals surface area contributed by atoms with E-state index in [1.54, 1.807) is 25.1 Å². The molecule has 0 saturated heterocycles. The van der Waals surface area contributed by atoms with Crippen molar-refractivity contribution in [3.05, 3.63) is 54.6 Å². The Morgan fingerprint density at radius 3 is 2.69 bits per heavy atom. The molecule has 0 radical (unpaired) electrons. The summed E-state index contributed by atoms with van der Waals surface area (Å²) in [6, 6.07) is 11.6. The zero-order chi connectivity index (χ0) is 25.2. The summed E-state index contributed by atoms with van der Waals surface area (Å²) in [7, 11) is 0. The highest BCUT2D eigenvalue weighted by molar-refractivity contribution is 5.99. The van der Waals surface area contributed by atoms with Crippen LogP contribution in [0.25, 0.3) is 10.8 Å². The molecule has 1 aliphatic rings. The molecule has 0 unspecified atom stereocenters. The minimum atomic E-state index is -1.14. The monoisotopic (exact) mass is 481 g/mol. The quantitative estimate of drug-likeness (QED) is 0.369. The Hall–Kier alpha value is -3.72. The standard InChI is InChI=1S/C26H31N3O6/c1-17(15-30)27-23(31)14-20-9-3-2-4-10-24(32)35-16-22(29-25(20)33)26(34)28-21-12-11-18-7-5-6-8-19(18)13-21/h2-3,5-8,11-13,17,20,22,30H,4,9-10,14-16H2,1H3,(H,27,31)(H,28,34)(H,29,33)/t17-,20-,22+/m1/s1. The van der Waals surface area contributed by atoms with Crippen LogP contribution in [-0.4, -0.2) is 54.1 Å². The molecule has 0 aliphatic carbocycles. The fourth-order valence-electron chi connectivity index (χ4n) is 3.68. The molecular weight excluding hydrogens is 450 g/mol. The number of anilines is 1. The first-order valence-corrected chi connectivity index (χ1v) is 11.7. The maximum atomic E-state index is 13.0. The SMILES string of the molecule is C[C@H](CO)NC(=O)C[C@H]1CC=CCCC(=O)OC[C@@H](C(=O)Nc2ccc3ccccc3c2)NC1=O. The van der Waals surface area contributed by atoms with E-state index in [2.05, 4.69) is 16.0 Å². The van der Waals surface area contributed by atoms with E-state index in [-0.39, 0.29) is 38.4 Å². The van der Waals surface area contributed by atoms with Gasteiger partial charge in [0.2, 0.25) is 11.8 Å². The molecule has 35 heavy (non-hydrogen) atoms. The van der Waals surface area contributed by atoms with Crippen LogP contribution in [0, 0.1) is 5.92 Å². The van der Waals surface area contributed by atoms with Gasteiger partial charge in [0.15, 0.2) is 0 Å². The summed E-state index contributed by atoms with van der Waals surface area (Å²) < 4.78 is 5.23. The highest BCUT2D eigenvalue weighted by Crippen LogP contribution is 2.19. The largest absolute Gasteiger partial charge is 0.463 e. The number of hydrogen-bond acceptors (Lipinski definition) is 6. The predicted molar refractivity (Wildman–Crippen MR) is 131 cm³/mol. The van der Waals surface area contributed by atoms with Gasteiger partial charge in [0, 0.05) is 24.6 Å². The van der Waals surface area contributed by atoms with Crippen LogP contribution in [0.15, 0.2) is 54.6 Å². The lowest BCUT2D eigenvalue weighted by atomic mass is 9.98. The van der Waals surface area contributed by atoms with Gasteiger partial charge in [-0.2, -0.15) is 0 Å². The number of esters is 1. The van der Waals surface area contributed by atoms with Crippen molar-refractivity contribution in [3.63, 3.8) is 0 Å². The summed E-state index contributed by atoms with van der Waals surface area (Å²) in [5.74, 6) is -2.62. The van der Waals surface area contributed by atoms with Crippen molar-refractivity contribution in [3.8, 4) is 0 Å². The molecule has 9 heteroatoms. The number of allylic oxidation sites excluding steroid dienone is 2. The van der Waals surface area contributed by atoms with Gasteiger partial charge < -0.3 is 25.8 Å². The van der Waals surface area contributed by atoms with Gasteiger partial charge >= 0.3 is 5.97 Å². The number of fused-ring (bicyclic) bond motifs is 1. The Morgan fingerprint density at radius 1 is 1.14 bits per heavy atom. The number of hydrogen-bond donors (Lipinski definition) is 4. The molecule has 1 heterocycles. The van der Waals surface area contributed by atoms with Crippen LogP contribution >= 0.6 is 0 Å². The maximum Gasteiger partial charge on any atom is 0.306 e. The van der Waals surface area contributed by atoms with Crippen molar-refractivity contribution in [1.82, 2.24) is 10.6 Å². The molecule has 4 N–H and O–H groups in total. The number of carbonyl (C=O) groups is 4. The minimum Gasteiger partial charge on any atom is -0.463 e. The first kappa shape index (κ1) is 25.9. The lowest BCUT2D eigenvalue weighted by Crippen LogP contribution is -2.49. The Kier molecular flexibility index (Phi) is 9.37. The molecule has 0 aromatic heterocycles. The van der Waals surface area contributed by atoms with Crippen LogP contribution in [0.2, 0.25) is 0 Å². The molecule has 0 bridgehead atoms. The average molecular weight is 482 g/mol. The zero-order valence-electron chi connectivity index (χ0n) is 19.7. The van der Waals surface area contributed by atoms with Crippen LogP contribution < -0.4 is 16.0 Å². The highest BCUT2D eigenvalue weighted by Gasteiger charge is 2.28. The summed E-state index contributed by atoms with van der Waals surface area (Å²) in [4.78, 5) is 50.5. The van der Waals surface area contributed by atoms with Gasteiger partial charge in [-0.1, -0.05) is 42.5 Å². The average Bonchev–Trinajstić information content (AvgIpc) is 2.84. The second-order valence-electron chi connectivity index (χ2n) is 8.59. The smallest absolute Gasteiger partial charge is 0.306 e. The van der Waals surface area contributed by atoms with Gasteiger partial charge in [-0.05, 0) is 42.7 Å². The summed E-state index contributed by atoms with van der Waals surface area (Å²) >= 11 is 0. The van der Waals surface area contributed by atoms with E-state index >= 15 is 0 Å². The molecule has 186 valence electrons. The number of nitrogens with one attached hydrogen (secondary N) is 3. The van der Waals surface area contributed by atoms with Gasteiger partial charge in [0.25, 0.3) is 5.91 Å². The molecular formula is C26H31N3O6. The third kappa shape index (κ3) is 7.92. The lowest BCUT2D eigenvalue weighted by molar-refractivity contribution is -0.146. The molecule has 3 amide bonds. The molecule has 1 aliphatic heterocycles. The molecule has 2 aromatic carbocycles. The Morgan fingerprint density at radius 2 is 1.91 bits per heavy atom. The van der Waals surface area contributed by atoms with Gasteiger partial charge in [-0.25, -0.2) is 0 Å². The van der Waals surface area contributed by atoms with Crippen molar-refractivity contribution in [2.45, 2.75) is 44.7 Å². The molecule has 0 spiro atoms. The first-order chi connectivity index (χ1) is 16.9. The van der Waals surface area contributed by atoms with Gasteiger partial charge in [-0.15, -0.1) is 0 Å². The summed E-state index contributed by atoms with van der Waals surface area (Å²) in [6.07, 6.45) is 4.23. The number of aliphatic hydroxyl groups excluding tert-OH is 1. The predicted octanol–water partition coefficient (Wildman–Crippen LogP) is 2.05. The van der Waals surface area contributed by atoms with Gasteiger partial charge in [0.05, 0.1) is 12.5 Å². The number of benzene rings is 2. The third-order valence-corrected chi connectivity index (χ3v) is 5.65. The normalized spacial score (nSPS) is 20.1. The van der Waals surface area contributed by atoms with E-state index in [9.17, 15) is 19.2 Å².